The summed E-state index contributed by atoms with van der Waals surface area (Å²) in [5, 5.41) is 19.6. The van der Waals surface area contributed by atoms with Crippen LogP contribution in [0.2, 0.25) is 0 Å². The van der Waals surface area contributed by atoms with Crippen molar-refractivity contribution in [3.8, 4) is 17.5 Å². The number of carbonyl (C=O) groups excluding carboxylic acids is 1. The molecule has 0 radical (unpaired) electrons. The highest BCUT2D eigenvalue weighted by molar-refractivity contribution is 5.97. The highest BCUT2D eigenvalue weighted by Gasteiger charge is 2.41. The fourth-order valence-corrected chi connectivity index (χ4v) is 3.47. The van der Waals surface area contributed by atoms with Crippen LogP contribution < -0.4 is 5.32 Å². The lowest BCUT2D eigenvalue weighted by atomic mass is 9.79. The second kappa shape index (κ2) is 10.1. The van der Waals surface area contributed by atoms with Gasteiger partial charge in [0.25, 0.3) is 0 Å². The number of hydrogen-bond donors (Lipinski definition) is 3. The summed E-state index contributed by atoms with van der Waals surface area (Å²) < 4.78 is 45.1. The van der Waals surface area contributed by atoms with Crippen molar-refractivity contribution in [2.45, 2.75) is 19.0 Å². The molecule has 3 N–H and O–H groups in total. The molecule has 0 saturated carbocycles. The molecule has 1 aromatic heterocycles. The molecule has 1 fully saturated rings. The van der Waals surface area contributed by atoms with Gasteiger partial charge in [0.05, 0.1) is 17.1 Å². The summed E-state index contributed by atoms with van der Waals surface area (Å²) in [5.74, 6) is -2.70. The lowest BCUT2D eigenvalue weighted by Crippen LogP contribution is -2.44. The summed E-state index contributed by atoms with van der Waals surface area (Å²) in [6.45, 7) is 1.46. The molecule has 184 valence electrons. The van der Waals surface area contributed by atoms with Crippen LogP contribution in [0, 0.1) is 22.6 Å². The number of aromatic nitrogens is 2. The van der Waals surface area contributed by atoms with E-state index >= 15 is 0 Å². The van der Waals surface area contributed by atoms with E-state index < -0.39 is 17.6 Å². The Balaban J connectivity index is 0.000000429. The number of anilines is 1. The Kier molecular flexibility index (Phi) is 7.40. The first-order valence-electron chi connectivity index (χ1n) is 10.4. The van der Waals surface area contributed by atoms with Gasteiger partial charge in [0.1, 0.15) is 17.1 Å². The van der Waals surface area contributed by atoms with Crippen molar-refractivity contribution in [2.75, 3.05) is 25.5 Å². The monoisotopic (exact) mass is 491 g/mol. The fourth-order valence-electron chi connectivity index (χ4n) is 3.47. The van der Waals surface area contributed by atoms with Crippen molar-refractivity contribution in [3.05, 3.63) is 48.3 Å². The molecule has 0 spiro atoms. The number of carboxylic acid groups (broad SMARTS) is 1. The van der Waals surface area contributed by atoms with Crippen LogP contribution >= 0.6 is 0 Å². The SMILES string of the molecule is CN1CCC(C#N)(C(=O)Nc2ccc(-c3nc4ccc(F)cc4[nH]3)cc2)CC1.O=C(O)C(F)(F)F. The number of nitrogens with zero attached hydrogens (tertiary/aromatic N) is 3. The Morgan fingerprint density at radius 1 is 1.17 bits per heavy atom. The van der Waals surface area contributed by atoms with Crippen LogP contribution in [0.1, 0.15) is 12.8 Å². The largest absolute Gasteiger partial charge is 0.490 e. The Labute approximate surface area is 197 Å². The van der Waals surface area contributed by atoms with Crippen LogP contribution in [-0.2, 0) is 9.59 Å². The standard InChI is InChI=1S/C21H20FN5O.C2HF3O2/c1-27-10-8-21(13-23,9-11-27)20(28)24-16-5-2-14(3-6-16)19-25-17-7-4-15(22)12-18(17)26-19;3-2(4,5)1(6)7/h2-7,12H,8-11H2,1H3,(H,24,28)(H,25,26);(H,6,7). The molecule has 2 heterocycles. The van der Waals surface area contributed by atoms with E-state index in [2.05, 4.69) is 26.3 Å². The number of likely N-dealkylation sites (tertiary alicyclic amines) is 1. The normalized spacial score (nSPS) is 15.5. The number of hydrogen-bond acceptors (Lipinski definition) is 5. The highest BCUT2D eigenvalue weighted by atomic mass is 19.4. The molecular weight excluding hydrogens is 470 g/mol. The number of carbonyl (C=O) groups is 2. The van der Waals surface area contributed by atoms with Gasteiger partial charge in [-0.3, -0.25) is 4.79 Å². The number of nitrogens with one attached hydrogen (secondary N) is 2. The van der Waals surface area contributed by atoms with Crippen molar-refractivity contribution in [3.63, 3.8) is 0 Å². The minimum absolute atomic E-state index is 0.255. The maximum atomic E-state index is 13.3. The number of imidazole rings is 1. The summed E-state index contributed by atoms with van der Waals surface area (Å²) in [7, 11) is 1.99. The predicted octanol–water partition coefficient (Wildman–Crippen LogP) is 4.18. The molecule has 0 aliphatic carbocycles. The van der Waals surface area contributed by atoms with Gasteiger partial charge < -0.3 is 20.3 Å². The molecule has 1 aliphatic rings. The third kappa shape index (κ3) is 6.13. The van der Waals surface area contributed by atoms with Gasteiger partial charge in [-0.1, -0.05) is 0 Å². The second-order valence-corrected chi connectivity index (χ2v) is 8.08. The first-order valence-corrected chi connectivity index (χ1v) is 10.4. The Hall–Kier alpha value is -3.98. The zero-order valence-corrected chi connectivity index (χ0v) is 18.5. The maximum absolute atomic E-state index is 13.3. The van der Waals surface area contributed by atoms with Crippen molar-refractivity contribution in [1.29, 1.82) is 5.26 Å². The number of fused-ring (bicyclic) bond motifs is 1. The van der Waals surface area contributed by atoms with Gasteiger partial charge >= 0.3 is 12.1 Å². The molecular formula is C23H21F4N5O3. The van der Waals surface area contributed by atoms with Gasteiger partial charge in [0.2, 0.25) is 5.91 Å². The number of benzene rings is 2. The molecule has 3 aromatic rings. The van der Waals surface area contributed by atoms with Crippen LogP contribution in [-0.4, -0.2) is 58.2 Å². The first-order chi connectivity index (χ1) is 16.4. The summed E-state index contributed by atoms with van der Waals surface area (Å²) in [6.07, 6.45) is -4.03. The van der Waals surface area contributed by atoms with E-state index in [1.165, 1.54) is 12.1 Å². The molecule has 1 amide bonds. The van der Waals surface area contributed by atoms with Gasteiger partial charge in [-0.05, 0) is 75.4 Å². The number of amides is 1. The number of alkyl halides is 3. The van der Waals surface area contributed by atoms with E-state index in [0.717, 1.165) is 18.7 Å². The lowest BCUT2D eigenvalue weighted by Gasteiger charge is -2.34. The molecule has 4 rings (SSSR count). The third-order valence-corrected chi connectivity index (χ3v) is 5.59. The van der Waals surface area contributed by atoms with E-state index in [9.17, 15) is 27.6 Å². The Bertz CT molecular complexity index is 1260. The average molecular weight is 491 g/mol. The van der Waals surface area contributed by atoms with Crippen LogP contribution in [0.4, 0.5) is 23.2 Å². The van der Waals surface area contributed by atoms with Crippen molar-refractivity contribution < 1.29 is 32.3 Å². The molecule has 0 unspecified atom stereocenters. The van der Waals surface area contributed by atoms with E-state index in [0.29, 0.717) is 35.4 Å². The van der Waals surface area contributed by atoms with Crippen molar-refractivity contribution in [1.82, 2.24) is 14.9 Å². The van der Waals surface area contributed by atoms with Gasteiger partial charge in [-0.25, -0.2) is 14.2 Å². The minimum atomic E-state index is -5.08. The average Bonchev–Trinajstić information content (AvgIpc) is 3.23. The molecule has 0 bridgehead atoms. The smallest absolute Gasteiger partial charge is 0.475 e. The van der Waals surface area contributed by atoms with Crippen LogP contribution in [0.25, 0.3) is 22.4 Å². The van der Waals surface area contributed by atoms with E-state index in [4.69, 9.17) is 9.90 Å². The number of H-pyrrole nitrogens is 1. The third-order valence-electron chi connectivity index (χ3n) is 5.59. The van der Waals surface area contributed by atoms with Crippen LogP contribution in [0.15, 0.2) is 42.5 Å². The fraction of sp³-hybridized carbons (Fsp3) is 0.304. The zero-order valence-electron chi connectivity index (χ0n) is 18.5. The maximum Gasteiger partial charge on any atom is 0.490 e. The summed E-state index contributed by atoms with van der Waals surface area (Å²) in [4.78, 5) is 31.3. The zero-order chi connectivity index (χ0) is 25.8. The number of carboxylic acids is 1. The molecule has 8 nitrogen and oxygen atoms in total. The van der Waals surface area contributed by atoms with Gasteiger partial charge in [-0.2, -0.15) is 18.4 Å². The van der Waals surface area contributed by atoms with Gasteiger partial charge in [-0.15, -0.1) is 0 Å². The Morgan fingerprint density at radius 3 is 2.31 bits per heavy atom. The van der Waals surface area contributed by atoms with Crippen molar-refractivity contribution in [2.24, 2.45) is 5.41 Å². The number of piperidine rings is 1. The van der Waals surface area contributed by atoms with Crippen LogP contribution in [0.3, 0.4) is 0 Å². The van der Waals surface area contributed by atoms with E-state index in [1.54, 1.807) is 18.2 Å². The highest BCUT2D eigenvalue weighted by Crippen LogP contribution is 2.32. The number of aliphatic carboxylic acids is 1. The molecule has 35 heavy (non-hydrogen) atoms. The Morgan fingerprint density at radius 2 is 1.77 bits per heavy atom. The van der Waals surface area contributed by atoms with Gasteiger partial charge in [0, 0.05) is 11.3 Å². The quantitative estimate of drug-likeness (QED) is 0.473. The first kappa shape index (κ1) is 25.6. The summed E-state index contributed by atoms with van der Waals surface area (Å²) in [5.41, 5.74) is 1.79. The minimum Gasteiger partial charge on any atom is -0.475 e. The topological polar surface area (TPSA) is 122 Å². The van der Waals surface area contributed by atoms with Crippen LogP contribution in [0.5, 0.6) is 0 Å². The number of halogens is 4. The molecule has 2 aromatic carbocycles. The van der Waals surface area contributed by atoms with Gasteiger partial charge in [0.15, 0.2) is 0 Å². The summed E-state index contributed by atoms with van der Waals surface area (Å²) in [6, 6.07) is 13.9. The number of aromatic amines is 1. The van der Waals surface area contributed by atoms with Crippen molar-refractivity contribution >= 4 is 28.6 Å². The lowest BCUT2D eigenvalue weighted by molar-refractivity contribution is -0.192. The molecule has 1 aliphatic heterocycles. The molecule has 12 heteroatoms. The molecule has 1 saturated heterocycles. The van der Waals surface area contributed by atoms with E-state index in [1.807, 2.05) is 19.2 Å². The second-order valence-electron chi connectivity index (χ2n) is 8.08. The molecule has 0 atom stereocenters. The number of rotatable bonds is 3. The number of nitriles is 1. The summed E-state index contributed by atoms with van der Waals surface area (Å²) >= 11 is 0. The van der Waals surface area contributed by atoms with E-state index in [-0.39, 0.29) is 11.7 Å². The predicted molar refractivity (Wildman–Crippen MR) is 119 cm³/mol.